The van der Waals surface area contributed by atoms with Crippen LogP contribution in [0.3, 0.4) is 0 Å². The second-order valence-corrected chi connectivity index (χ2v) is 8.09. The smallest absolute Gasteiger partial charge is 0.344 e. The Morgan fingerprint density at radius 3 is 2.46 bits per heavy atom. The van der Waals surface area contributed by atoms with Crippen LogP contribution in [0, 0.1) is 0 Å². The zero-order valence-electron chi connectivity index (χ0n) is 18.3. The molecule has 0 saturated carbocycles. The number of para-hydroxylation sites is 1. The van der Waals surface area contributed by atoms with E-state index in [-0.39, 0.29) is 16.9 Å². The molecule has 0 bridgehead atoms. The number of rotatable bonds is 5. The number of hydrogen-bond acceptors (Lipinski definition) is 7. The summed E-state index contributed by atoms with van der Waals surface area (Å²) in [7, 11) is 1.48. The number of hydrogen-bond donors (Lipinski definition) is 0. The maximum Gasteiger partial charge on any atom is 0.344 e. The number of benzene rings is 3. The summed E-state index contributed by atoms with van der Waals surface area (Å²) in [5.41, 5.74) is 0.213. The van der Waals surface area contributed by atoms with Crippen LogP contribution in [0.15, 0.2) is 97.3 Å². The van der Waals surface area contributed by atoms with Gasteiger partial charge >= 0.3 is 17.2 Å². The number of carbonyl (C=O) groups excluding carboxylic acids is 1. The van der Waals surface area contributed by atoms with E-state index < -0.39 is 22.6 Å². The first-order valence-corrected chi connectivity index (χ1v) is 11.0. The second-order valence-electron chi connectivity index (χ2n) is 7.66. The summed E-state index contributed by atoms with van der Waals surface area (Å²) in [6.07, 6.45) is 0. The van der Waals surface area contributed by atoms with Gasteiger partial charge in [-0.1, -0.05) is 42.5 Å². The van der Waals surface area contributed by atoms with Crippen LogP contribution >= 0.6 is 11.6 Å². The molecule has 5 rings (SSSR count). The van der Waals surface area contributed by atoms with Gasteiger partial charge in [0.15, 0.2) is 16.7 Å². The highest BCUT2D eigenvalue weighted by atomic mass is 35.5. The lowest BCUT2D eigenvalue weighted by atomic mass is 10.0. The van der Waals surface area contributed by atoms with Crippen molar-refractivity contribution in [1.82, 2.24) is 0 Å². The third kappa shape index (κ3) is 4.29. The van der Waals surface area contributed by atoms with Gasteiger partial charge < -0.3 is 18.3 Å². The zero-order valence-corrected chi connectivity index (χ0v) is 19.1. The van der Waals surface area contributed by atoms with Gasteiger partial charge in [-0.15, -0.1) is 11.6 Å². The van der Waals surface area contributed by atoms with Gasteiger partial charge in [0, 0.05) is 28.5 Å². The van der Waals surface area contributed by atoms with Gasteiger partial charge in [0.05, 0.1) is 12.7 Å². The molecule has 7 nitrogen and oxygen atoms in total. The first kappa shape index (κ1) is 22.4. The fourth-order valence-corrected chi connectivity index (χ4v) is 4.01. The van der Waals surface area contributed by atoms with E-state index in [1.165, 1.54) is 25.3 Å². The normalized spacial score (nSPS) is 11.9. The maximum absolute atomic E-state index is 12.8. The first-order chi connectivity index (χ1) is 16.9. The fourth-order valence-electron chi connectivity index (χ4n) is 3.82. The molecule has 35 heavy (non-hydrogen) atoms. The van der Waals surface area contributed by atoms with Crippen LogP contribution in [-0.2, 0) is 4.79 Å². The van der Waals surface area contributed by atoms with Gasteiger partial charge in [0.2, 0.25) is 0 Å². The van der Waals surface area contributed by atoms with Crippen LogP contribution < -0.4 is 20.7 Å². The van der Waals surface area contributed by atoms with Crippen LogP contribution in [-0.4, -0.2) is 13.1 Å². The molecule has 0 saturated heterocycles. The first-order valence-electron chi connectivity index (χ1n) is 10.5. The molecule has 0 aliphatic rings. The van der Waals surface area contributed by atoms with E-state index in [0.29, 0.717) is 33.2 Å². The summed E-state index contributed by atoms with van der Waals surface area (Å²) in [5.74, 6) is -0.123. The molecule has 0 spiro atoms. The molecule has 0 aliphatic heterocycles. The molecule has 0 fully saturated rings. The van der Waals surface area contributed by atoms with Crippen LogP contribution in [0.1, 0.15) is 10.9 Å². The van der Waals surface area contributed by atoms with Crippen LogP contribution in [0.2, 0.25) is 0 Å². The number of halogens is 1. The van der Waals surface area contributed by atoms with E-state index in [2.05, 4.69) is 0 Å². The number of esters is 1. The number of carbonyl (C=O) groups is 1. The van der Waals surface area contributed by atoms with Crippen molar-refractivity contribution in [3.8, 4) is 22.6 Å². The van der Waals surface area contributed by atoms with Crippen molar-refractivity contribution < 1.29 is 23.1 Å². The van der Waals surface area contributed by atoms with E-state index in [0.717, 1.165) is 0 Å². The van der Waals surface area contributed by atoms with Gasteiger partial charge in [-0.05, 0) is 29.8 Å². The van der Waals surface area contributed by atoms with Gasteiger partial charge in [-0.3, -0.25) is 0 Å². The predicted molar refractivity (Wildman–Crippen MR) is 131 cm³/mol. The number of alkyl halides is 1. The van der Waals surface area contributed by atoms with Crippen molar-refractivity contribution in [3.63, 3.8) is 0 Å². The molecule has 1 unspecified atom stereocenters. The highest BCUT2D eigenvalue weighted by Gasteiger charge is 2.21. The average molecular weight is 489 g/mol. The van der Waals surface area contributed by atoms with Gasteiger partial charge in [0.1, 0.15) is 11.3 Å². The third-order valence-electron chi connectivity index (χ3n) is 5.47. The largest absolute Gasteiger partial charge is 0.493 e. The topological polar surface area (TPSA) is 96.0 Å². The minimum absolute atomic E-state index is 0.133. The summed E-state index contributed by atoms with van der Waals surface area (Å²) in [6, 6.07) is 21.4. The molecular weight excluding hydrogens is 472 g/mol. The third-order valence-corrected chi connectivity index (χ3v) is 5.90. The lowest BCUT2D eigenvalue weighted by molar-refractivity contribution is -0.134. The Hall–Kier alpha value is -4.36. The number of ether oxygens (including phenoxy) is 2. The summed E-state index contributed by atoms with van der Waals surface area (Å²) in [6.45, 7) is 0. The Balaban J connectivity index is 1.55. The SMILES string of the molecule is COc1cccc2cc(-c3cc(=O)oc4cc(OC(=O)C(Cl)c5ccccc5)ccc34)c(=O)oc12. The minimum Gasteiger partial charge on any atom is -0.493 e. The Morgan fingerprint density at radius 2 is 1.69 bits per heavy atom. The monoisotopic (exact) mass is 488 g/mol. The molecule has 0 aliphatic carbocycles. The minimum atomic E-state index is -1.01. The molecular formula is C27H17ClO7. The van der Waals surface area contributed by atoms with E-state index in [1.54, 1.807) is 54.6 Å². The lowest BCUT2D eigenvalue weighted by Gasteiger charge is -2.11. The van der Waals surface area contributed by atoms with Crippen molar-refractivity contribution in [1.29, 1.82) is 0 Å². The number of fused-ring (bicyclic) bond motifs is 2. The molecule has 5 aromatic rings. The zero-order chi connectivity index (χ0) is 24.5. The Labute approximate surface area is 203 Å². The quantitative estimate of drug-likeness (QED) is 0.140. The van der Waals surface area contributed by atoms with Crippen molar-refractivity contribution in [2.45, 2.75) is 5.38 Å². The second kappa shape index (κ2) is 9.12. The van der Waals surface area contributed by atoms with Crippen molar-refractivity contribution in [2.75, 3.05) is 7.11 Å². The Bertz CT molecular complexity index is 1690. The predicted octanol–water partition coefficient (Wildman–Crippen LogP) is 5.46. The molecule has 174 valence electrons. The van der Waals surface area contributed by atoms with E-state index in [9.17, 15) is 14.4 Å². The summed E-state index contributed by atoms with van der Waals surface area (Å²) < 4.78 is 21.5. The maximum atomic E-state index is 12.8. The highest BCUT2D eigenvalue weighted by Crippen LogP contribution is 2.32. The Kier molecular flexibility index (Phi) is 5.84. The van der Waals surface area contributed by atoms with E-state index in [1.807, 2.05) is 6.07 Å². The van der Waals surface area contributed by atoms with Crippen LogP contribution in [0.25, 0.3) is 33.1 Å². The average Bonchev–Trinajstić information content (AvgIpc) is 2.87. The highest BCUT2D eigenvalue weighted by molar-refractivity contribution is 6.30. The number of methoxy groups -OCH3 is 1. The van der Waals surface area contributed by atoms with Crippen molar-refractivity contribution in [3.05, 3.63) is 105 Å². The molecule has 3 aromatic carbocycles. The standard InChI is InChI=1S/C27H17ClO7/c1-32-21-9-5-8-16-12-20(26(30)35-25(16)21)19-14-23(29)34-22-13-17(10-11-18(19)22)33-27(31)24(28)15-6-3-2-4-7-15/h2-14,24H,1H3. The molecule has 2 heterocycles. The van der Waals surface area contributed by atoms with Crippen LogP contribution in [0.4, 0.5) is 0 Å². The molecule has 0 amide bonds. The van der Waals surface area contributed by atoms with Crippen molar-refractivity contribution in [2.24, 2.45) is 0 Å². The van der Waals surface area contributed by atoms with Gasteiger partial charge in [-0.25, -0.2) is 14.4 Å². The summed E-state index contributed by atoms with van der Waals surface area (Å²) >= 11 is 6.24. The lowest BCUT2D eigenvalue weighted by Crippen LogP contribution is -2.14. The van der Waals surface area contributed by atoms with Gasteiger partial charge in [0.25, 0.3) is 0 Å². The molecule has 2 aromatic heterocycles. The molecule has 1 atom stereocenters. The summed E-state index contributed by atoms with van der Waals surface area (Å²) in [5, 5.41) is 0.0776. The fraction of sp³-hybridized carbons (Fsp3) is 0.0741. The molecule has 0 radical (unpaired) electrons. The summed E-state index contributed by atoms with van der Waals surface area (Å²) in [4.78, 5) is 37.7. The Morgan fingerprint density at radius 1 is 0.886 bits per heavy atom. The molecule has 8 heteroatoms. The van der Waals surface area contributed by atoms with E-state index in [4.69, 9.17) is 29.9 Å². The van der Waals surface area contributed by atoms with Crippen molar-refractivity contribution >= 4 is 39.5 Å². The van der Waals surface area contributed by atoms with E-state index >= 15 is 0 Å². The van der Waals surface area contributed by atoms with Gasteiger partial charge in [-0.2, -0.15) is 0 Å². The molecule has 0 N–H and O–H groups in total. The van der Waals surface area contributed by atoms with Crippen LogP contribution in [0.5, 0.6) is 11.5 Å².